The van der Waals surface area contributed by atoms with Gasteiger partial charge in [-0.15, -0.1) is 0 Å². The number of carbonyl (C=O) groups is 1. The lowest BCUT2D eigenvalue weighted by Gasteiger charge is -1.86. The largest absolute Gasteiger partial charge is 0.431 e. The number of halogens is 1. The first-order valence-corrected chi connectivity index (χ1v) is 2.86. The molecule has 0 radical (unpaired) electrons. The molecule has 1 heterocycles. The van der Waals surface area contributed by atoms with Gasteiger partial charge >= 0.3 is 5.63 Å². The van der Waals surface area contributed by atoms with E-state index in [1.807, 2.05) is 0 Å². The summed E-state index contributed by atoms with van der Waals surface area (Å²) in [5.41, 5.74) is -0.317. The summed E-state index contributed by atoms with van der Waals surface area (Å²) in [4.78, 5) is 20.7. The van der Waals surface area contributed by atoms with Crippen LogP contribution in [0.15, 0.2) is 27.6 Å². The Morgan fingerprint density at radius 1 is 1.50 bits per heavy atom. The number of hydrogen-bond acceptors (Lipinski definition) is 3. The minimum absolute atomic E-state index is 0.182. The van der Waals surface area contributed by atoms with Gasteiger partial charge in [-0.25, -0.2) is 4.79 Å². The van der Waals surface area contributed by atoms with Crippen LogP contribution in [0.5, 0.6) is 0 Å². The lowest BCUT2D eigenvalue weighted by Crippen LogP contribution is -1.97. The van der Waals surface area contributed by atoms with Crippen LogP contribution in [0.3, 0.4) is 0 Å². The van der Waals surface area contributed by atoms with Crippen molar-refractivity contribution >= 4 is 16.8 Å². The van der Waals surface area contributed by atoms with Gasteiger partial charge in [-0.1, -0.05) is 0 Å². The first kappa shape index (κ1) is 7.02. The maximum Gasteiger partial charge on any atom is 0.335 e. The summed E-state index contributed by atoms with van der Waals surface area (Å²) in [6.45, 7) is 0. The quantitative estimate of drug-likeness (QED) is 0.574. The highest BCUT2D eigenvalue weighted by atomic mass is 35.5. The van der Waals surface area contributed by atoms with E-state index in [0.717, 1.165) is 12.3 Å². The zero-order chi connectivity index (χ0) is 7.56. The third kappa shape index (κ3) is 1.45. The van der Waals surface area contributed by atoms with Crippen molar-refractivity contribution in [3.8, 4) is 0 Å². The molecule has 0 spiro atoms. The average molecular weight is 159 g/mol. The molecule has 0 fully saturated rings. The highest BCUT2D eigenvalue weighted by Crippen LogP contribution is 1.98. The van der Waals surface area contributed by atoms with Crippen molar-refractivity contribution in [2.75, 3.05) is 0 Å². The summed E-state index contributed by atoms with van der Waals surface area (Å²) in [6.07, 6.45) is 1.03. The third-order valence-corrected chi connectivity index (χ3v) is 1.15. The summed E-state index contributed by atoms with van der Waals surface area (Å²) in [6, 6.07) is 2.44. The Morgan fingerprint density at radius 2 is 2.20 bits per heavy atom. The molecule has 0 aromatic carbocycles. The molecular formula is C6H3ClO3. The van der Waals surface area contributed by atoms with E-state index < -0.39 is 10.9 Å². The van der Waals surface area contributed by atoms with Gasteiger partial charge in [0.25, 0.3) is 5.24 Å². The van der Waals surface area contributed by atoms with Gasteiger partial charge in [-0.05, 0) is 17.7 Å². The van der Waals surface area contributed by atoms with Crippen molar-refractivity contribution in [1.29, 1.82) is 0 Å². The highest BCUT2D eigenvalue weighted by Gasteiger charge is 1.99. The Hall–Kier alpha value is -1.09. The molecule has 10 heavy (non-hydrogen) atoms. The van der Waals surface area contributed by atoms with Gasteiger partial charge in [0.15, 0.2) is 0 Å². The third-order valence-electron chi connectivity index (χ3n) is 0.928. The predicted octanol–water partition coefficient (Wildman–Crippen LogP) is 1.02. The van der Waals surface area contributed by atoms with E-state index in [9.17, 15) is 9.59 Å². The molecule has 0 aliphatic heterocycles. The van der Waals surface area contributed by atoms with E-state index in [1.165, 1.54) is 6.07 Å². The molecule has 4 heteroatoms. The standard InChI is InChI=1S/C6H3ClO3/c7-6(9)4-1-2-5(8)10-3-4/h1-3H. The molecule has 0 amide bonds. The summed E-state index contributed by atoms with van der Waals surface area (Å²) >= 11 is 5.05. The zero-order valence-electron chi connectivity index (χ0n) is 4.83. The molecule has 1 aromatic heterocycles. The van der Waals surface area contributed by atoms with Crippen LogP contribution < -0.4 is 5.63 Å². The molecule has 3 nitrogen and oxygen atoms in total. The monoisotopic (exact) mass is 158 g/mol. The molecule has 0 aliphatic rings. The van der Waals surface area contributed by atoms with Crippen molar-refractivity contribution < 1.29 is 9.21 Å². The molecule has 0 bridgehead atoms. The molecule has 0 saturated carbocycles. The topological polar surface area (TPSA) is 47.3 Å². The van der Waals surface area contributed by atoms with Gasteiger partial charge in [0, 0.05) is 6.07 Å². The van der Waals surface area contributed by atoms with E-state index in [-0.39, 0.29) is 5.56 Å². The maximum atomic E-state index is 10.4. The van der Waals surface area contributed by atoms with Crippen molar-refractivity contribution in [3.63, 3.8) is 0 Å². The van der Waals surface area contributed by atoms with E-state index >= 15 is 0 Å². The van der Waals surface area contributed by atoms with Crippen LogP contribution in [0.25, 0.3) is 0 Å². The fourth-order valence-corrected chi connectivity index (χ4v) is 0.577. The van der Waals surface area contributed by atoms with Crippen LogP contribution in [-0.2, 0) is 0 Å². The highest BCUT2D eigenvalue weighted by molar-refractivity contribution is 6.67. The summed E-state index contributed by atoms with van der Waals surface area (Å²) in [5, 5.41) is -0.635. The SMILES string of the molecule is O=C(Cl)c1ccc(=O)oc1. The van der Waals surface area contributed by atoms with Crippen molar-refractivity contribution in [2.24, 2.45) is 0 Å². The molecule has 0 saturated heterocycles. The van der Waals surface area contributed by atoms with Crippen molar-refractivity contribution in [1.82, 2.24) is 0 Å². The van der Waals surface area contributed by atoms with Crippen LogP contribution in [0.4, 0.5) is 0 Å². The van der Waals surface area contributed by atoms with Gasteiger partial charge in [0.05, 0.1) is 5.56 Å². The predicted molar refractivity (Wildman–Crippen MR) is 35.2 cm³/mol. The molecule has 0 unspecified atom stereocenters. The summed E-state index contributed by atoms with van der Waals surface area (Å²) in [5.74, 6) is 0. The number of rotatable bonds is 1. The average Bonchev–Trinajstić information content (AvgIpc) is 1.88. The van der Waals surface area contributed by atoms with Gasteiger partial charge in [0.1, 0.15) is 6.26 Å². The fraction of sp³-hybridized carbons (Fsp3) is 0. The molecule has 0 atom stereocenters. The molecule has 0 N–H and O–H groups in total. The second-order valence-electron chi connectivity index (χ2n) is 1.62. The van der Waals surface area contributed by atoms with Crippen LogP contribution in [-0.4, -0.2) is 5.24 Å². The molecule has 1 rings (SSSR count). The summed E-state index contributed by atoms with van der Waals surface area (Å²) in [7, 11) is 0. The Bertz CT molecular complexity index is 282. The number of carbonyl (C=O) groups excluding carboxylic acids is 1. The van der Waals surface area contributed by atoms with E-state index in [1.54, 1.807) is 0 Å². The Labute approximate surface area is 61.2 Å². The molecular weight excluding hydrogens is 156 g/mol. The van der Waals surface area contributed by atoms with Crippen molar-refractivity contribution in [3.05, 3.63) is 34.4 Å². The Balaban J connectivity index is 3.12. The lowest BCUT2D eigenvalue weighted by molar-refractivity contribution is 0.107. The van der Waals surface area contributed by atoms with E-state index in [4.69, 9.17) is 11.6 Å². The lowest BCUT2D eigenvalue weighted by atomic mass is 10.3. The smallest absolute Gasteiger partial charge is 0.335 e. The zero-order valence-corrected chi connectivity index (χ0v) is 5.59. The maximum absolute atomic E-state index is 10.4. The number of hydrogen-bond donors (Lipinski definition) is 0. The normalized spacial score (nSPS) is 9.30. The molecule has 1 aromatic rings. The summed E-state index contributed by atoms with van der Waals surface area (Å²) < 4.78 is 4.36. The minimum Gasteiger partial charge on any atom is -0.431 e. The van der Waals surface area contributed by atoms with Crippen LogP contribution in [0.1, 0.15) is 10.4 Å². The molecule has 52 valence electrons. The van der Waals surface area contributed by atoms with Crippen LogP contribution in [0.2, 0.25) is 0 Å². The van der Waals surface area contributed by atoms with Crippen LogP contribution >= 0.6 is 11.6 Å². The van der Waals surface area contributed by atoms with Gasteiger partial charge < -0.3 is 4.42 Å². The fourth-order valence-electron chi connectivity index (χ4n) is 0.470. The van der Waals surface area contributed by atoms with Gasteiger partial charge in [-0.3, -0.25) is 4.79 Å². The Kier molecular flexibility index (Phi) is 1.87. The van der Waals surface area contributed by atoms with Crippen molar-refractivity contribution in [2.45, 2.75) is 0 Å². The second-order valence-corrected chi connectivity index (χ2v) is 1.96. The second kappa shape index (κ2) is 2.66. The Morgan fingerprint density at radius 3 is 2.60 bits per heavy atom. The van der Waals surface area contributed by atoms with Crippen LogP contribution in [0, 0.1) is 0 Å². The first-order valence-electron chi connectivity index (χ1n) is 2.49. The van der Waals surface area contributed by atoms with E-state index in [0.29, 0.717) is 0 Å². The van der Waals surface area contributed by atoms with E-state index in [2.05, 4.69) is 4.42 Å². The van der Waals surface area contributed by atoms with Gasteiger partial charge in [-0.2, -0.15) is 0 Å². The first-order chi connectivity index (χ1) is 4.70. The minimum atomic E-state index is -0.635. The van der Waals surface area contributed by atoms with Gasteiger partial charge in [0.2, 0.25) is 0 Å². The molecule has 0 aliphatic carbocycles.